The molecular weight excluding hydrogens is 230 g/mol. The van der Waals surface area contributed by atoms with E-state index < -0.39 is 0 Å². The smallest absolute Gasteiger partial charge is 0.144 e. The molecule has 2 rings (SSSR count). The highest BCUT2D eigenvalue weighted by atomic mass is 16.5. The Bertz CT molecular complexity index is 543. The number of aryl methyl sites for hydroxylation is 1. The molecule has 0 amide bonds. The summed E-state index contributed by atoms with van der Waals surface area (Å²) in [6.07, 6.45) is 1.56. The Morgan fingerprint density at radius 3 is 2.78 bits per heavy atom. The molecule has 2 aromatic rings. The SMILES string of the molecule is COCCNc1cc2c(C)ncnc2cc1OC. The zero-order chi connectivity index (χ0) is 13.0. The Labute approximate surface area is 106 Å². The van der Waals surface area contributed by atoms with E-state index in [1.54, 1.807) is 20.5 Å². The van der Waals surface area contributed by atoms with Gasteiger partial charge in [-0.3, -0.25) is 0 Å². The summed E-state index contributed by atoms with van der Waals surface area (Å²) in [5.74, 6) is 0.775. The number of fused-ring (bicyclic) bond motifs is 1. The van der Waals surface area contributed by atoms with Crippen LogP contribution in [0.4, 0.5) is 5.69 Å². The summed E-state index contributed by atoms with van der Waals surface area (Å²) in [5, 5.41) is 4.31. The lowest BCUT2D eigenvalue weighted by Crippen LogP contribution is -2.08. The molecule has 0 aliphatic carbocycles. The van der Waals surface area contributed by atoms with Gasteiger partial charge in [-0.25, -0.2) is 9.97 Å². The number of methoxy groups -OCH3 is 2. The fourth-order valence-electron chi connectivity index (χ4n) is 1.81. The number of anilines is 1. The lowest BCUT2D eigenvalue weighted by Gasteiger charge is -2.12. The van der Waals surface area contributed by atoms with Crippen molar-refractivity contribution >= 4 is 16.6 Å². The number of aromatic nitrogens is 2. The molecular formula is C13H17N3O2. The quantitative estimate of drug-likeness (QED) is 0.819. The molecule has 0 spiro atoms. The van der Waals surface area contributed by atoms with Gasteiger partial charge in [0, 0.05) is 30.8 Å². The molecule has 0 radical (unpaired) electrons. The Morgan fingerprint density at radius 1 is 1.22 bits per heavy atom. The monoisotopic (exact) mass is 247 g/mol. The van der Waals surface area contributed by atoms with E-state index in [0.29, 0.717) is 6.61 Å². The van der Waals surface area contributed by atoms with E-state index in [9.17, 15) is 0 Å². The fraction of sp³-hybridized carbons (Fsp3) is 0.385. The maximum Gasteiger partial charge on any atom is 0.144 e. The lowest BCUT2D eigenvalue weighted by atomic mass is 10.1. The molecule has 0 atom stereocenters. The first-order valence-electron chi connectivity index (χ1n) is 5.78. The number of ether oxygens (including phenoxy) is 2. The van der Waals surface area contributed by atoms with Crippen molar-refractivity contribution in [3.05, 3.63) is 24.2 Å². The predicted octanol–water partition coefficient (Wildman–Crippen LogP) is 2.01. The highest BCUT2D eigenvalue weighted by Gasteiger charge is 2.07. The second kappa shape index (κ2) is 5.64. The number of nitrogens with zero attached hydrogens (tertiary/aromatic N) is 2. The average Bonchev–Trinajstić information content (AvgIpc) is 2.39. The van der Waals surface area contributed by atoms with Gasteiger partial charge >= 0.3 is 0 Å². The molecule has 0 unspecified atom stereocenters. The molecule has 0 aliphatic heterocycles. The molecule has 0 aliphatic rings. The van der Waals surface area contributed by atoms with Crippen molar-refractivity contribution in [2.24, 2.45) is 0 Å². The number of hydrogen-bond acceptors (Lipinski definition) is 5. The van der Waals surface area contributed by atoms with E-state index in [1.807, 2.05) is 19.1 Å². The Balaban J connectivity index is 2.40. The minimum absolute atomic E-state index is 0.644. The van der Waals surface area contributed by atoms with E-state index in [2.05, 4.69) is 15.3 Å². The van der Waals surface area contributed by atoms with Crippen LogP contribution >= 0.6 is 0 Å². The third kappa shape index (κ3) is 2.51. The highest BCUT2D eigenvalue weighted by Crippen LogP contribution is 2.30. The number of nitrogens with one attached hydrogen (secondary N) is 1. The van der Waals surface area contributed by atoms with Gasteiger partial charge in [0.2, 0.25) is 0 Å². The molecule has 0 fully saturated rings. The first-order valence-corrected chi connectivity index (χ1v) is 5.78. The fourth-order valence-corrected chi connectivity index (χ4v) is 1.81. The molecule has 1 aromatic heterocycles. The molecule has 0 bridgehead atoms. The largest absolute Gasteiger partial charge is 0.495 e. The third-order valence-electron chi connectivity index (χ3n) is 2.78. The first kappa shape index (κ1) is 12.6. The van der Waals surface area contributed by atoms with Crippen LogP contribution in [0, 0.1) is 6.92 Å². The lowest BCUT2D eigenvalue weighted by molar-refractivity contribution is 0.210. The maximum atomic E-state index is 5.36. The van der Waals surface area contributed by atoms with Crippen LogP contribution in [0.15, 0.2) is 18.5 Å². The van der Waals surface area contributed by atoms with Gasteiger partial charge in [0.25, 0.3) is 0 Å². The summed E-state index contributed by atoms with van der Waals surface area (Å²) in [6.45, 7) is 3.34. The summed E-state index contributed by atoms with van der Waals surface area (Å²) in [4.78, 5) is 8.44. The van der Waals surface area contributed by atoms with Gasteiger partial charge in [0.15, 0.2) is 0 Å². The molecule has 0 saturated heterocycles. The Morgan fingerprint density at radius 2 is 2.06 bits per heavy atom. The van der Waals surface area contributed by atoms with Crippen molar-refractivity contribution in [3.8, 4) is 5.75 Å². The molecule has 5 heteroatoms. The molecule has 96 valence electrons. The number of rotatable bonds is 5. The van der Waals surface area contributed by atoms with Gasteiger partial charge in [-0.2, -0.15) is 0 Å². The van der Waals surface area contributed by atoms with Crippen molar-refractivity contribution in [2.75, 3.05) is 32.7 Å². The van der Waals surface area contributed by atoms with Crippen LogP contribution in [0.5, 0.6) is 5.75 Å². The van der Waals surface area contributed by atoms with E-state index >= 15 is 0 Å². The van der Waals surface area contributed by atoms with Crippen molar-refractivity contribution in [1.29, 1.82) is 0 Å². The molecule has 0 saturated carbocycles. The molecule has 1 heterocycles. The average molecular weight is 247 g/mol. The van der Waals surface area contributed by atoms with Crippen LogP contribution in [0.3, 0.4) is 0 Å². The van der Waals surface area contributed by atoms with Gasteiger partial charge in [-0.05, 0) is 13.0 Å². The van der Waals surface area contributed by atoms with Crippen molar-refractivity contribution in [3.63, 3.8) is 0 Å². The summed E-state index contributed by atoms with van der Waals surface area (Å²) >= 11 is 0. The summed E-state index contributed by atoms with van der Waals surface area (Å²) in [6, 6.07) is 3.93. The first-order chi connectivity index (χ1) is 8.76. The third-order valence-corrected chi connectivity index (χ3v) is 2.78. The molecule has 18 heavy (non-hydrogen) atoms. The summed E-state index contributed by atoms with van der Waals surface area (Å²) in [7, 11) is 3.33. The number of benzene rings is 1. The normalized spacial score (nSPS) is 10.6. The van der Waals surface area contributed by atoms with Crippen LogP contribution < -0.4 is 10.1 Å². The van der Waals surface area contributed by atoms with Crippen LogP contribution in [-0.2, 0) is 4.74 Å². The van der Waals surface area contributed by atoms with Gasteiger partial charge < -0.3 is 14.8 Å². The van der Waals surface area contributed by atoms with Gasteiger partial charge in [0.1, 0.15) is 12.1 Å². The second-order valence-corrected chi connectivity index (χ2v) is 3.95. The van der Waals surface area contributed by atoms with Crippen LogP contribution in [-0.4, -0.2) is 37.3 Å². The topological polar surface area (TPSA) is 56.3 Å². The predicted molar refractivity (Wildman–Crippen MR) is 71.2 cm³/mol. The number of hydrogen-bond donors (Lipinski definition) is 1. The second-order valence-electron chi connectivity index (χ2n) is 3.95. The van der Waals surface area contributed by atoms with E-state index in [0.717, 1.165) is 34.6 Å². The van der Waals surface area contributed by atoms with Crippen LogP contribution in [0.1, 0.15) is 5.69 Å². The van der Waals surface area contributed by atoms with Gasteiger partial charge in [0.05, 0.1) is 24.9 Å². The Kier molecular flexibility index (Phi) is 3.94. The van der Waals surface area contributed by atoms with Crippen molar-refractivity contribution in [2.45, 2.75) is 6.92 Å². The van der Waals surface area contributed by atoms with E-state index in [-0.39, 0.29) is 0 Å². The zero-order valence-corrected chi connectivity index (χ0v) is 10.9. The van der Waals surface area contributed by atoms with E-state index in [4.69, 9.17) is 9.47 Å². The van der Waals surface area contributed by atoms with Gasteiger partial charge in [-0.1, -0.05) is 0 Å². The minimum atomic E-state index is 0.644. The highest BCUT2D eigenvalue weighted by molar-refractivity contribution is 5.87. The van der Waals surface area contributed by atoms with Crippen LogP contribution in [0.2, 0.25) is 0 Å². The molecule has 5 nitrogen and oxygen atoms in total. The van der Waals surface area contributed by atoms with Gasteiger partial charge in [-0.15, -0.1) is 0 Å². The summed E-state index contributed by atoms with van der Waals surface area (Å²) in [5.41, 5.74) is 2.77. The zero-order valence-electron chi connectivity index (χ0n) is 10.9. The summed E-state index contributed by atoms with van der Waals surface area (Å²) < 4.78 is 10.4. The Hall–Kier alpha value is -1.88. The van der Waals surface area contributed by atoms with Crippen LogP contribution in [0.25, 0.3) is 10.9 Å². The molecule has 1 aromatic carbocycles. The van der Waals surface area contributed by atoms with Crippen molar-refractivity contribution in [1.82, 2.24) is 9.97 Å². The minimum Gasteiger partial charge on any atom is -0.495 e. The molecule has 1 N–H and O–H groups in total. The standard InChI is InChI=1S/C13H17N3O2/c1-9-10-6-12(14-4-5-17-2)13(18-3)7-11(10)16-8-15-9/h6-8,14H,4-5H2,1-3H3. The van der Waals surface area contributed by atoms with E-state index in [1.165, 1.54) is 0 Å². The maximum absolute atomic E-state index is 5.36. The van der Waals surface area contributed by atoms with Crippen molar-refractivity contribution < 1.29 is 9.47 Å².